The van der Waals surface area contributed by atoms with E-state index in [9.17, 15) is 5.11 Å². The number of ether oxygens (including phenoxy) is 1. The molecular weight excluding hydrogens is 548 g/mol. The lowest BCUT2D eigenvalue weighted by atomic mass is 9.98. The first-order valence-electron chi connectivity index (χ1n) is 10.8. The standard InChI is InChI=1S/C26H24Br2N2O3/c1-4-15(3)17-8-11-22-21(12-17)30-26(33-22)16-6-9-18(10-7-16)29-14-19-24(28)20(27)13-23(25(19)31)32-5-2/h6-15,31H,4-5H2,1-3H3/t15-/m0/s1. The Kier molecular flexibility index (Phi) is 7.20. The topological polar surface area (TPSA) is 67.9 Å². The summed E-state index contributed by atoms with van der Waals surface area (Å²) in [6.07, 6.45) is 2.69. The minimum absolute atomic E-state index is 0.0375. The average Bonchev–Trinajstić information content (AvgIpc) is 3.26. The molecule has 0 radical (unpaired) electrons. The van der Waals surface area contributed by atoms with Crippen molar-refractivity contribution in [2.24, 2.45) is 4.99 Å². The van der Waals surface area contributed by atoms with E-state index in [-0.39, 0.29) is 5.75 Å². The van der Waals surface area contributed by atoms with Crippen LogP contribution in [0.3, 0.4) is 0 Å². The van der Waals surface area contributed by atoms with Gasteiger partial charge in [0.1, 0.15) is 5.52 Å². The Hall–Kier alpha value is -2.64. The molecule has 0 aliphatic carbocycles. The molecule has 1 heterocycles. The molecule has 4 rings (SSSR count). The summed E-state index contributed by atoms with van der Waals surface area (Å²) in [5.41, 5.74) is 5.06. The van der Waals surface area contributed by atoms with Crippen molar-refractivity contribution < 1.29 is 14.3 Å². The van der Waals surface area contributed by atoms with Crippen molar-refractivity contribution in [1.29, 1.82) is 0 Å². The maximum atomic E-state index is 10.5. The Bertz CT molecular complexity index is 1310. The third-order valence-corrected chi connectivity index (χ3v) is 7.55. The highest BCUT2D eigenvalue weighted by molar-refractivity contribution is 9.13. The zero-order valence-electron chi connectivity index (χ0n) is 18.6. The molecule has 0 amide bonds. The summed E-state index contributed by atoms with van der Waals surface area (Å²) in [6.45, 7) is 6.72. The number of oxazole rings is 1. The van der Waals surface area contributed by atoms with E-state index in [0.29, 0.717) is 34.2 Å². The Morgan fingerprint density at radius 3 is 2.58 bits per heavy atom. The number of phenols is 1. The van der Waals surface area contributed by atoms with Crippen LogP contribution in [0.5, 0.6) is 11.5 Å². The Morgan fingerprint density at radius 1 is 1.12 bits per heavy atom. The summed E-state index contributed by atoms with van der Waals surface area (Å²) in [5, 5.41) is 10.5. The van der Waals surface area contributed by atoms with E-state index in [1.165, 1.54) is 5.56 Å². The van der Waals surface area contributed by atoms with Gasteiger partial charge in [0, 0.05) is 20.7 Å². The van der Waals surface area contributed by atoms with E-state index in [1.807, 2.05) is 37.3 Å². The number of rotatable bonds is 7. The first-order valence-corrected chi connectivity index (χ1v) is 12.4. The van der Waals surface area contributed by atoms with Crippen molar-refractivity contribution in [3.05, 3.63) is 68.6 Å². The number of hydrogen-bond acceptors (Lipinski definition) is 5. The van der Waals surface area contributed by atoms with Crippen LogP contribution in [0, 0.1) is 0 Å². The van der Waals surface area contributed by atoms with Gasteiger partial charge in [0.15, 0.2) is 17.1 Å². The number of nitrogens with zero attached hydrogens (tertiary/aromatic N) is 2. The summed E-state index contributed by atoms with van der Waals surface area (Å²) in [6, 6.07) is 15.5. The predicted molar refractivity (Wildman–Crippen MR) is 140 cm³/mol. The van der Waals surface area contributed by atoms with Gasteiger partial charge in [-0.25, -0.2) is 4.98 Å². The lowest BCUT2D eigenvalue weighted by Gasteiger charge is -2.11. The molecule has 0 bridgehead atoms. The highest BCUT2D eigenvalue weighted by atomic mass is 79.9. The molecule has 5 nitrogen and oxygen atoms in total. The molecule has 1 aromatic heterocycles. The van der Waals surface area contributed by atoms with Crippen molar-refractivity contribution in [3.8, 4) is 23.0 Å². The molecule has 0 aliphatic rings. The quantitative estimate of drug-likeness (QED) is 0.226. The van der Waals surface area contributed by atoms with Crippen LogP contribution in [-0.4, -0.2) is 22.9 Å². The molecule has 1 N–H and O–H groups in total. The van der Waals surface area contributed by atoms with Crippen LogP contribution in [0.2, 0.25) is 0 Å². The average molecular weight is 572 g/mol. The monoisotopic (exact) mass is 570 g/mol. The van der Waals surface area contributed by atoms with Gasteiger partial charge in [0.25, 0.3) is 0 Å². The van der Waals surface area contributed by atoms with Crippen molar-refractivity contribution in [3.63, 3.8) is 0 Å². The third kappa shape index (κ3) is 4.99. The summed E-state index contributed by atoms with van der Waals surface area (Å²) in [4.78, 5) is 9.20. The SMILES string of the molecule is CCOc1cc(Br)c(Br)c(C=Nc2ccc(-c3nc4cc([C@@H](C)CC)ccc4o3)cc2)c1O. The van der Waals surface area contributed by atoms with Gasteiger partial charge in [-0.3, -0.25) is 4.99 Å². The first-order chi connectivity index (χ1) is 15.9. The number of benzene rings is 3. The molecule has 3 aromatic carbocycles. The van der Waals surface area contributed by atoms with Crippen LogP contribution < -0.4 is 4.74 Å². The summed E-state index contributed by atoms with van der Waals surface area (Å²) >= 11 is 6.97. The highest BCUT2D eigenvalue weighted by Crippen LogP contribution is 2.40. The van der Waals surface area contributed by atoms with Crippen LogP contribution in [0.25, 0.3) is 22.6 Å². The van der Waals surface area contributed by atoms with Gasteiger partial charge in [-0.15, -0.1) is 0 Å². The number of aliphatic imine (C=N–C) groups is 1. The van der Waals surface area contributed by atoms with Crippen LogP contribution in [0.1, 0.15) is 44.2 Å². The lowest BCUT2D eigenvalue weighted by molar-refractivity contribution is 0.317. The molecule has 0 unspecified atom stereocenters. The molecule has 7 heteroatoms. The fourth-order valence-corrected chi connectivity index (χ4v) is 4.26. The molecule has 0 saturated carbocycles. The van der Waals surface area contributed by atoms with E-state index in [0.717, 1.165) is 33.2 Å². The van der Waals surface area contributed by atoms with Crippen molar-refractivity contribution in [1.82, 2.24) is 4.98 Å². The maximum absolute atomic E-state index is 10.5. The number of halogens is 2. The minimum atomic E-state index is 0.0375. The van der Waals surface area contributed by atoms with E-state index >= 15 is 0 Å². The van der Waals surface area contributed by atoms with E-state index in [4.69, 9.17) is 9.15 Å². The second kappa shape index (κ2) is 10.1. The van der Waals surface area contributed by atoms with E-state index in [2.05, 4.69) is 67.8 Å². The smallest absolute Gasteiger partial charge is 0.227 e. The number of fused-ring (bicyclic) bond motifs is 1. The zero-order valence-corrected chi connectivity index (χ0v) is 21.8. The normalized spacial score (nSPS) is 12.5. The molecule has 33 heavy (non-hydrogen) atoms. The largest absolute Gasteiger partial charge is 0.504 e. The van der Waals surface area contributed by atoms with Gasteiger partial charge >= 0.3 is 0 Å². The Labute approximate surface area is 209 Å². The van der Waals surface area contributed by atoms with Crippen LogP contribution in [0.4, 0.5) is 5.69 Å². The highest BCUT2D eigenvalue weighted by Gasteiger charge is 2.15. The summed E-state index contributed by atoms with van der Waals surface area (Å²) < 4.78 is 12.9. The maximum Gasteiger partial charge on any atom is 0.227 e. The van der Waals surface area contributed by atoms with Gasteiger partial charge in [-0.2, -0.15) is 0 Å². The van der Waals surface area contributed by atoms with Crippen LogP contribution in [-0.2, 0) is 0 Å². The molecule has 170 valence electrons. The Morgan fingerprint density at radius 2 is 1.88 bits per heavy atom. The molecule has 4 aromatic rings. The molecule has 0 saturated heterocycles. The van der Waals surface area contributed by atoms with Crippen LogP contribution >= 0.6 is 31.9 Å². The molecule has 0 fully saturated rings. The van der Waals surface area contributed by atoms with Gasteiger partial charge < -0.3 is 14.3 Å². The fraction of sp³-hybridized carbons (Fsp3) is 0.231. The Balaban J connectivity index is 1.59. The van der Waals surface area contributed by atoms with Gasteiger partial charge in [-0.1, -0.05) is 19.9 Å². The van der Waals surface area contributed by atoms with Gasteiger partial charge in [-0.05, 0) is 99.2 Å². The van der Waals surface area contributed by atoms with E-state index < -0.39 is 0 Å². The molecular formula is C26H24Br2N2O3. The molecule has 1 atom stereocenters. The van der Waals surface area contributed by atoms with Crippen LogP contribution in [0.15, 0.2) is 66.9 Å². The second-order valence-electron chi connectivity index (χ2n) is 7.73. The summed E-state index contributed by atoms with van der Waals surface area (Å²) in [5.74, 6) is 1.50. The molecule has 0 aliphatic heterocycles. The van der Waals surface area contributed by atoms with E-state index in [1.54, 1.807) is 12.3 Å². The summed E-state index contributed by atoms with van der Waals surface area (Å²) in [7, 11) is 0. The number of hydrogen-bond donors (Lipinski definition) is 1. The lowest BCUT2D eigenvalue weighted by Crippen LogP contribution is -1.95. The number of aromatic nitrogens is 1. The minimum Gasteiger partial charge on any atom is -0.504 e. The van der Waals surface area contributed by atoms with Gasteiger partial charge in [0.2, 0.25) is 5.89 Å². The molecule has 0 spiro atoms. The predicted octanol–water partition coefficient (Wildman–Crippen LogP) is 8.39. The first kappa shape index (κ1) is 23.5. The zero-order chi connectivity index (χ0) is 23.5. The van der Waals surface area contributed by atoms with Crippen molar-refractivity contribution in [2.75, 3.05) is 6.61 Å². The third-order valence-electron chi connectivity index (χ3n) is 5.54. The van der Waals surface area contributed by atoms with Crippen molar-refractivity contribution in [2.45, 2.75) is 33.1 Å². The fourth-order valence-electron chi connectivity index (χ4n) is 3.43. The second-order valence-corrected chi connectivity index (χ2v) is 9.37. The van der Waals surface area contributed by atoms with Crippen molar-refractivity contribution >= 4 is 54.9 Å². The van der Waals surface area contributed by atoms with Gasteiger partial charge in [0.05, 0.1) is 17.9 Å². The number of aromatic hydroxyl groups is 1. The number of phenolic OH excluding ortho intramolecular Hbond substituents is 1.